The first-order chi connectivity index (χ1) is 7.43. The van der Waals surface area contributed by atoms with E-state index in [2.05, 4.69) is 13.8 Å². The van der Waals surface area contributed by atoms with Gasteiger partial charge in [-0.05, 0) is 49.0 Å². The van der Waals surface area contributed by atoms with Crippen LogP contribution in [0, 0.1) is 5.41 Å². The van der Waals surface area contributed by atoms with Crippen molar-refractivity contribution in [2.45, 2.75) is 51.6 Å². The van der Waals surface area contributed by atoms with Gasteiger partial charge in [-0.1, -0.05) is 25.4 Å². The van der Waals surface area contributed by atoms with E-state index in [1.54, 1.807) is 11.3 Å². The van der Waals surface area contributed by atoms with Crippen LogP contribution in [-0.2, 0) is 5.60 Å². The summed E-state index contributed by atoms with van der Waals surface area (Å²) in [7, 11) is 0. The molecule has 1 aromatic rings. The lowest BCUT2D eigenvalue weighted by Crippen LogP contribution is -2.24. The molecule has 3 heteroatoms. The molecule has 0 aromatic carbocycles. The Kier molecular flexibility index (Phi) is 3.35. The number of hydrogen-bond donors (Lipinski definition) is 1. The molecule has 0 bridgehead atoms. The molecule has 1 nitrogen and oxygen atoms in total. The van der Waals surface area contributed by atoms with Crippen molar-refractivity contribution in [2.75, 3.05) is 0 Å². The zero-order chi connectivity index (χ0) is 11.8. The molecule has 0 saturated heterocycles. The molecule has 1 N–H and O–H groups in total. The molecule has 0 spiro atoms. The van der Waals surface area contributed by atoms with E-state index in [1.807, 2.05) is 11.4 Å². The van der Waals surface area contributed by atoms with Crippen molar-refractivity contribution in [3.05, 3.63) is 21.3 Å². The summed E-state index contributed by atoms with van der Waals surface area (Å²) in [5.74, 6) is 0. The number of rotatable bonds is 1. The third-order valence-electron chi connectivity index (χ3n) is 3.70. The average molecular weight is 259 g/mol. The molecular weight excluding hydrogens is 240 g/mol. The number of aliphatic hydroxyl groups is 1. The average Bonchev–Trinajstić information content (AvgIpc) is 2.56. The monoisotopic (exact) mass is 258 g/mol. The SMILES string of the molecule is CC1(C)CCCC(O)(c2sccc2Cl)CC1. The molecule has 1 atom stereocenters. The predicted molar refractivity (Wildman–Crippen MR) is 70.1 cm³/mol. The van der Waals surface area contributed by atoms with E-state index in [0.717, 1.165) is 35.6 Å². The summed E-state index contributed by atoms with van der Waals surface area (Å²) in [4.78, 5) is 0.965. The van der Waals surface area contributed by atoms with E-state index in [0.29, 0.717) is 5.41 Å². The smallest absolute Gasteiger partial charge is 0.100 e. The zero-order valence-electron chi connectivity index (χ0n) is 9.92. The highest BCUT2D eigenvalue weighted by Crippen LogP contribution is 2.46. The maximum absolute atomic E-state index is 10.8. The van der Waals surface area contributed by atoms with Crippen LogP contribution in [0.5, 0.6) is 0 Å². The Bertz CT molecular complexity index is 372. The summed E-state index contributed by atoms with van der Waals surface area (Å²) in [6, 6.07) is 1.88. The van der Waals surface area contributed by atoms with Crippen LogP contribution < -0.4 is 0 Å². The van der Waals surface area contributed by atoms with Crippen molar-refractivity contribution in [1.82, 2.24) is 0 Å². The molecular formula is C13H19ClOS. The van der Waals surface area contributed by atoms with E-state index in [-0.39, 0.29) is 0 Å². The van der Waals surface area contributed by atoms with Gasteiger partial charge in [-0.15, -0.1) is 11.3 Å². The Morgan fingerprint density at radius 1 is 1.25 bits per heavy atom. The molecule has 1 aliphatic carbocycles. The fraction of sp³-hybridized carbons (Fsp3) is 0.692. The molecule has 1 fully saturated rings. The summed E-state index contributed by atoms with van der Waals surface area (Å²) in [5, 5.41) is 13.4. The van der Waals surface area contributed by atoms with Crippen LogP contribution in [0.3, 0.4) is 0 Å². The lowest BCUT2D eigenvalue weighted by atomic mass is 9.84. The van der Waals surface area contributed by atoms with Crippen molar-refractivity contribution in [3.63, 3.8) is 0 Å². The van der Waals surface area contributed by atoms with Gasteiger partial charge in [-0.3, -0.25) is 0 Å². The third-order valence-corrected chi connectivity index (χ3v) is 5.23. The Morgan fingerprint density at radius 3 is 2.62 bits per heavy atom. The van der Waals surface area contributed by atoms with E-state index < -0.39 is 5.60 Å². The van der Waals surface area contributed by atoms with Gasteiger partial charge in [-0.2, -0.15) is 0 Å². The van der Waals surface area contributed by atoms with Gasteiger partial charge in [0.15, 0.2) is 0 Å². The standard InChI is InChI=1S/C13H19ClOS/c1-12(2)5-3-6-13(15,8-7-12)11-10(14)4-9-16-11/h4,9,15H,3,5-8H2,1-2H3. The summed E-state index contributed by atoms with van der Waals surface area (Å²) in [5.41, 5.74) is -0.326. The molecule has 1 aliphatic rings. The second-order valence-corrected chi connectivity index (χ2v) is 6.97. The van der Waals surface area contributed by atoms with Gasteiger partial charge in [0, 0.05) is 0 Å². The molecule has 0 aliphatic heterocycles. The van der Waals surface area contributed by atoms with Gasteiger partial charge < -0.3 is 5.11 Å². The van der Waals surface area contributed by atoms with Crippen LogP contribution in [0.2, 0.25) is 5.02 Å². The van der Waals surface area contributed by atoms with Crippen molar-refractivity contribution in [3.8, 4) is 0 Å². The minimum absolute atomic E-state index is 0.355. The van der Waals surface area contributed by atoms with E-state index in [9.17, 15) is 5.11 Å². The summed E-state index contributed by atoms with van der Waals surface area (Å²) in [6.07, 6.45) is 5.02. The Hall–Kier alpha value is -0.0500. The van der Waals surface area contributed by atoms with Gasteiger partial charge in [0.05, 0.1) is 9.90 Å². The van der Waals surface area contributed by atoms with E-state index in [1.165, 1.54) is 6.42 Å². The quantitative estimate of drug-likeness (QED) is 0.731. The summed E-state index contributed by atoms with van der Waals surface area (Å²) >= 11 is 7.72. The van der Waals surface area contributed by atoms with Crippen LogP contribution in [0.25, 0.3) is 0 Å². The third kappa shape index (κ3) is 2.44. The zero-order valence-corrected chi connectivity index (χ0v) is 11.5. The summed E-state index contributed by atoms with van der Waals surface area (Å²) < 4.78 is 0. The lowest BCUT2D eigenvalue weighted by Gasteiger charge is -2.27. The number of halogens is 1. The molecule has 2 rings (SSSR count). The Labute approximate surface area is 106 Å². The van der Waals surface area contributed by atoms with Crippen LogP contribution in [0.4, 0.5) is 0 Å². The molecule has 90 valence electrons. The minimum Gasteiger partial charge on any atom is -0.384 e. The van der Waals surface area contributed by atoms with Crippen LogP contribution in [0.15, 0.2) is 11.4 Å². The van der Waals surface area contributed by atoms with Gasteiger partial charge in [-0.25, -0.2) is 0 Å². The molecule has 1 heterocycles. The van der Waals surface area contributed by atoms with Gasteiger partial charge >= 0.3 is 0 Å². The highest BCUT2D eigenvalue weighted by molar-refractivity contribution is 7.10. The maximum Gasteiger partial charge on any atom is 0.100 e. The molecule has 1 aromatic heterocycles. The first-order valence-corrected chi connectivity index (χ1v) is 7.15. The lowest BCUT2D eigenvalue weighted by molar-refractivity contribution is 0.0217. The first-order valence-electron chi connectivity index (χ1n) is 5.89. The molecule has 16 heavy (non-hydrogen) atoms. The first kappa shape index (κ1) is 12.4. The topological polar surface area (TPSA) is 20.2 Å². The van der Waals surface area contributed by atoms with Gasteiger partial charge in [0.25, 0.3) is 0 Å². The Morgan fingerprint density at radius 2 is 2.00 bits per heavy atom. The fourth-order valence-corrected chi connectivity index (χ4v) is 3.90. The van der Waals surface area contributed by atoms with Gasteiger partial charge in [0.2, 0.25) is 0 Å². The molecule has 0 radical (unpaired) electrons. The summed E-state index contributed by atoms with van der Waals surface area (Å²) in [6.45, 7) is 4.57. The fourth-order valence-electron chi connectivity index (χ4n) is 2.51. The molecule has 1 unspecified atom stereocenters. The van der Waals surface area contributed by atoms with Crippen molar-refractivity contribution >= 4 is 22.9 Å². The van der Waals surface area contributed by atoms with E-state index >= 15 is 0 Å². The minimum atomic E-state index is -0.682. The largest absolute Gasteiger partial charge is 0.384 e. The normalized spacial score (nSPS) is 30.0. The van der Waals surface area contributed by atoms with E-state index in [4.69, 9.17) is 11.6 Å². The number of thiophene rings is 1. The maximum atomic E-state index is 10.8. The van der Waals surface area contributed by atoms with Gasteiger partial charge in [0.1, 0.15) is 5.60 Å². The second kappa shape index (κ2) is 4.32. The van der Waals surface area contributed by atoms with Crippen LogP contribution in [-0.4, -0.2) is 5.11 Å². The van der Waals surface area contributed by atoms with Crippen molar-refractivity contribution in [2.24, 2.45) is 5.41 Å². The van der Waals surface area contributed by atoms with Crippen molar-refractivity contribution in [1.29, 1.82) is 0 Å². The predicted octanol–water partition coefficient (Wildman–Crippen LogP) is 4.58. The van der Waals surface area contributed by atoms with Crippen LogP contribution >= 0.6 is 22.9 Å². The second-order valence-electron chi connectivity index (χ2n) is 5.65. The Balaban J connectivity index is 2.23. The van der Waals surface area contributed by atoms with Crippen molar-refractivity contribution < 1.29 is 5.11 Å². The number of hydrogen-bond acceptors (Lipinski definition) is 2. The highest BCUT2D eigenvalue weighted by atomic mass is 35.5. The van der Waals surface area contributed by atoms with Crippen LogP contribution in [0.1, 0.15) is 50.8 Å². The molecule has 0 amide bonds. The molecule has 1 saturated carbocycles. The highest BCUT2D eigenvalue weighted by Gasteiger charge is 2.37.